The van der Waals surface area contributed by atoms with Crippen molar-refractivity contribution in [2.24, 2.45) is 5.92 Å². The van der Waals surface area contributed by atoms with Gasteiger partial charge in [-0.2, -0.15) is 0 Å². The molecule has 128 valence electrons. The predicted octanol–water partition coefficient (Wildman–Crippen LogP) is 3.11. The number of amides is 1. The van der Waals surface area contributed by atoms with Gasteiger partial charge in [-0.25, -0.2) is 4.98 Å². The van der Waals surface area contributed by atoms with Crippen molar-refractivity contribution in [3.63, 3.8) is 0 Å². The summed E-state index contributed by atoms with van der Waals surface area (Å²) in [7, 11) is 0. The summed E-state index contributed by atoms with van der Waals surface area (Å²) in [5.74, 6) is 0.988. The monoisotopic (exact) mass is 335 g/mol. The second kappa shape index (κ2) is 6.33. The number of fused-ring (bicyclic) bond motifs is 1. The number of H-pyrrole nitrogens is 1. The Hall–Kier alpha value is -2.66. The van der Waals surface area contributed by atoms with Crippen molar-refractivity contribution in [2.75, 3.05) is 0 Å². The van der Waals surface area contributed by atoms with Crippen LogP contribution in [0.25, 0.3) is 11.0 Å². The number of aromatic nitrogens is 2. The molecular formula is C20H21N3O2. The topological polar surface area (TPSA) is 78.0 Å². The molecule has 1 aliphatic carbocycles. The molecule has 5 heteroatoms. The van der Waals surface area contributed by atoms with E-state index in [2.05, 4.69) is 15.3 Å². The molecular weight excluding hydrogens is 314 g/mol. The zero-order chi connectivity index (χ0) is 17.4. The van der Waals surface area contributed by atoms with Crippen molar-refractivity contribution < 1.29 is 9.90 Å². The van der Waals surface area contributed by atoms with Gasteiger partial charge in [0.05, 0.1) is 23.2 Å². The summed E-state index contributed by atoms with van der Waals surface area (Å²) < 4.78 is 0. The maximum atomic E-state index is 12.8. The standard InChI is InChI=1S/C20H21N3O2/c1-12-21-17-8-7-14(11-18(17)22-12)20(25)23-19(15-9-16(24)10-15)13-5-3-2-4-6-13/h2-8,11,15-16,19,24H,9-10H2,1H3,(H,21,22)(H,23,25). The lowest BCUT2D eigenvalue weighted by Crippen LogP contribution is -2.41. The molecule has 1 amide bonds. The molecule has 2 aromatic carbocycles. The highest BCUT2D eigenvalue weighted by Gasteiger charge is 2.35. The number of nitrogens with one attached hydrogen (secondary N) is 2. The normalized spacial score (nSPS) is 20.9. The lowest BCUT2D eigenvalue weighted by atomic mass is 9.75. The first-order valence-corrected chi connectivity index (χ1v) is 8.60. The van der Waals surface area contributed by atoms with Gasteiger partial charge in [-0.3, -0.25) is 4.79 Å². The first-order chi connectivity index (χ1) is 12.1. The number of aryl methyl sites for hydroxylation is 1. The van der Waals surface area contributed by atoms with E-state index in [9.17, 15) is 9.90 Å². The van der Waals surface area contributed by atoms with E-state index < -0.39 is 0 Å². The molecule has 1 aromatic heterocycles. The Morgan fingerprint density at radius 3 is 2.72 bits per heavy atom. The van der Waals surface area contributed by atoms with Gasteiger partial charge in [0, 0.05) is 5.56 Å². The van der Waals surface area contributed by atoms with Gasteiger partial charge in [-0.15, -0.1) is 0 Å². The second-order valence-electron chi connectivity index (χ2n) is 6.80. The molecule has 3 N–H and O–H groups in total. The van der Waals surface area contributed by atoms with E-state index in [1.807, 2.05) is 49.4 Å². The molecule has 0 bridgehead atoms. The molecule has 0 aliphatic heterocycles. The fourth-order valence-corrected chi connectivity index (χ4v) is 3.54. The third kappa shape index (κ3) is 3.15. The van der Waals surface area contributed by atoms with Gasteiger partial charge in [-0.1, -0.05) is 30.3 Å². The molecule has 5 nitrogen and oxygen atoms in total. The van der Waals surface area contributed by atoms with E-state index >= 15 is 0 Å². The number of nitrogens with zero attached hydrogens (tertiary/aromatic N) is 1. The fraction of sp³-hybridized carbons (Fsp3) is 0.300. The molecule has 25 heavy (non-hydrogen) atoms. The largest absolute Gasteiger partial charge is 0.393 e. The zero-order valence-electron chi connectivity index (χ0n) is 14.1. The van der Waals surface area contributed by atoms with Gasteiger partial charge in [0.25, 0.3) is 5.91 Å². The van der Waals surface area contributed by atoms with E-state index in [0.717, 1.165) is 35.3 Å². The highest BCUT2D eigenvalue weighted by atomic mass is 16.3. The van der Waals surface area contributed by atoms with Crippen LogP contribution >= 0.6 is 0 Å². The number of benzene rings is 2. The summed E-state index contributed by atoms with van der Waals surface area (Å²) in [6.07, 6.45) is 1.19. The number of imidazole rings is 1. The minimum absolute atomic E-state index is 0.0868. The van der Waals surface area contributed by atoms with Gasteiger partial charge < -0.3 is 15.4 Å². The molecule has 0 radical (unpaired) electrons. The minimum atomic E-state index is -0.252. The van der Waals surface area contributed by atoms with Crippen LogP contribution in [-0.4, -0.2) is 27.1 Å². The third-order valence-corrected chi connectivity index (χ3v) is 4.93. The quantitative estimate of drug-likeness (QED) is 0.685. The van der Waals surface area contributed by atoms with E-state index in [1.165, 1.54) is 0 Å². The Balaban J connectivity index is 1.58. The van der Waals surface area contributed by atoms with E-state index in [4.69, 9.17) is 0 Å². The predicted molar refractivity (Wildman–Crippen MR) is 96.2 cm³/mol. The van der Waals surface area contributed by atoms with Crippen molar-refractivity contribution in [3.8, 4) is 0 Å². The van der Waals surface area contributed by atoms with Crippen molar-refractivity contribution in [1.82, 2.24) is 15.3 Å². The summed E-state index contributed by atoms with van der Waals surface area (Å²) in [6.45, 7) is 1.90. The molecule has 3 aromatic rings. The lowest BCUT2D eigenvalue weighted by molar-refractivity contribution is 0.0235. The van der Waals surface area contributed by atoms with Crippen LogP contribution in [-0.2, 0) is 0 Å². The molecule has 1 heterocycles. The first-order valence-electron chi connectivity index (χ1n) is 8.60. The average molecular weight is 335 g/mol. The van der Waals surface area contributed by atoms with Crippen LogP contribution in [0.5, 0.6) is 0 Å². The molecule has 1 atom stereocenters. The van der Waals surface area contributed by atoms with Crippen LogP contribution in [0.2, 0.25) is 0 Å². The van der Waals surface area contributed by atoms with Crippen LogP contribution in [0.3, 0.4) is 0 Å². The number of aromatic amines is 1. The number of aliphatic hydroxyl groups is 1. The molecule has 0 saturated heterocycles. The smallest absolute Gasteiger partial charge is 0.251 e. The fourth-order valence-electron chi connectivity index (χ4n) is 3.54. The summed E-state index contributed by atoms with van der Waals surface area (Å²) in [4.78, 5) is 20.3. The van der Waals surface area contributed by atoms with Crippen LogP contribution in [0.4, 0.5) is 0 Å². The molecule has 1 aliphatic rings. The number of carbonyl (C=O) groups is 1. The highest BCUT2D eigenvalue weighted by Crippen LogP contribution is 2.38. The van der Waals surface area contributed by atoms with Crippen LogP contribution in [0, 0.1) is 12.8 Å². The Labute approximate surface area is 146 Å². The number of hydrogen-bond acceptors (Lipinski definition) is 3. The van der Waals surface area contributed by atoms with Gasteiger partial charge in [-0.05, 0) is 49.4 Å². The Morgan fingerprint density at radius 2 is 2.00 bits per heavy atom. The highest BCUT2D eigenvalue weighted by molar-refractivity contribution is 5.97. The maximum Gasteiger partial charge on any atom is 0.251 e. The number of carbonyl (C=O) groups excluding carboxylic acids is 1. The first kappa shape index (κ1) is 15.8. The van der Waals surface area contributed by atoms with E-state index in [0.29, 0.717) is 5.56 Å². The molecule has 4 rings (SSSR count). The van der Waals surface area contributed by atoms with Gasteiger partial charge in [0.15, 0.2) is 0 Å². The van der Waals surface area contributed by atoms with Crippen molar-refractivity contribution in [2.45, 2.75) is 31.9 Å². The number of rotatable bonds is 4. The summed E-state index contributed by atoms with van der Waals surface area (Å²) >= 11 is 0. The van der Waals surface area contributed by atoms with Gasteiger partial charge in [0.2, 0.25) is 0 Å². The van der Waals surface area contributed by atoms with Crippen molar-refractivity contribution >= 4 is 16.9 Å². The van der Waals surface area contributed by atoms with Gasteiger partial charge >= 0.3 is 0 Å². The van der Waals surface area contributed by atoms with Crippen molar-refractivity contribution in [1.29, 1.82) is 0 Å². The molecule has 1 saturated carbocycles. The van der Waals surface area contributed by atoms with Crippen LogP contribution in [0.15, 0.2) is 48.5 Å². The zero-order valence-corrected chi connectivity index (χ0v) is 14.1. The van der Waals surface area contributed by atoms with Crippen molar-refractivity contribution in [3.05, 3.63) is 65.5 Å². The number of aliphatic hydroxyl groups excluding tert-OH is 1. The Bertz CT molecular complexity index is 898. The lowest BCUT2D eigenvalue weighted by Gasteiger charge is -2.38. The van der Waals surface area contributed by atoms with Crippen LogP contribution < -0.4 is 5.32 Å². The Morgan fingerprint density at radius 1 is 1.24 bits per heavy atom. The third-order valence-electron chi connectivity index (χ3n) is 4.93. The van der Waals surface area contributed by atoms with E-state index in [-0.39, 0.29) is 24.0 Å². The summed E-state index contributed by atoms with van der Waals surface area (Å²) in [5, 5.41) is 12.8. The molecule has 0 spiro atoms. The van der Waals surface area contributed by atoms with Crippen LogP contribution in [0.1, 0.15) is 40.6 Å². The van der Waals surface area contributed by atoms with E-state index in [1.54, 1.807) is 6.07 Å². The average Bonchev–Trinajstić information content (AvgIpc) is 2.97. The second-order valence-corrected chi connectivity index (χ2v) is 6.80. The molecule has 1 unspecified atom stereocenters. The SMILES string of the molecule is Cc1nc2ccc(C(=O)NC(c3ccccc3)C3CC(O)C3)cc2[nH]1. The summed E-state index contributed by atoms with van der Waals surface area (Å²) in [5.41, 5.74) is 3.40. The minimum Gasteiger partial charge on any atom is -0.393 e. The molecule has 1 fully saturated rings. The Kier molecular flexibility index (Phi) is 4.01. The maximum absolute atomic E-state index is 12.8. The van der Waals surface area contributed by atoms with Gasteiger partial charge in [0.1, 0.15) is 5.82 Å². The summed E-state index contributed by atoms with van der Waals surface area (Å²) in [6, 6.07) is 15.4. The number of hydrogen-bond donors (Lipinski definition) is 3.